The Morgan fingerprint density at radius 1 is 0.900 bits per heavy atom. The first-order valence-electron chi connectivity index (χ1n) is 9.38. The molecule has 30 heavy (non-hydrogen) atoms. The van der Waals surface area contributed by atoms with Gasteiger partial charge in [-0.1, -0.05) is 46.3 Å². The van der Waals surface area contributed by atoms with Gasteiger partial charge in [0.1, 0.15) is 0 Å². The van der Waals surface area contributed by atoms with Crippen LogP contribution in [0.4, 0.5) is 0 Å². The minimum Gasteiger partial charge on any atom is -0.311 e. The molecule has 0 fully saturated rings. The number of para-hydroxylation sites is 1. The summed E-state index contributed by atoms with van der Waals surface area (Å²) < 4.78 is 5.56. The number of aromatic nitrogens is 4. The molecule has 6 nitrogen and oxygen atoms in total. The van der Waals surface area contributed by atoms with Crippen molar-refractivity contribution in [3.8, 4) is 16.9 Å². The van der Waals surface area contributed by atoms with Gasteiger partial charge in [-0.15, -0.1) is 0 Å². The van der Waals surface area contributed by atoms with Gasteiger partial charge < -0.3 is 4.57 Å². The maximum Gasteiger partial charge on any atom is 0.330 e. The van der Waals surface area contributed by atoms with E-state index in [2.05, 4.69) is 20.9 Å². The van der Waals surface area contributed by atoms with Gasteiger partial charge in [-0.3, -0.25) is 18.9 Å². The zero-order valence-corrected chi connectivity index (χ0v) is 17.9. The fourth-order valence-corrected chi connectivity index (χ4v) is 4.17. The van der Waals surface area contributed by atoms with Crippen molar-refractivity contribution < 1.29 is 0 Å². The largest absolute Gasteiger partial charge is 0.330 e. The number of benzene rings is 2. The third-order valence-electron chi connectivity index (χ3n) is 5.43. The van der Waals surface area contributed by atoms with E-state index < -0.39 is 0 Å². The average Bonchev–Trinajstić information content (AvgIpc) is 3.17. The molecule has 0 N–H and O–H groups in total. The van der Waals surface area contributed by atoms with Crippen LogP contribution in [0.25, 0.3) is 38.8 Å². The Morgan fingerprint density at radius 2 is 1.63 bits per heavy atom. The zero-order valence-electron chi connectivity index (χ0n) is 16.3. The van der Waals surface area contributed by atoms with Crippen LogP contribution in [0.15, 0.2) is 81.1 Å². The number of pyridine rings is 1. The molecule has 3 heterocycles. The number of halogens is 1. The van der Waals surface area contributed by atoms with E-state index in [0.29, 0.717) is 10.9 Å². The summed E-state index contributed by atoms with van der Waals surface area (Å²) in [7, 11) is 3.19. The van der Waals surface area contributed by atoms with E-state index in [1.54, 1.807) is 13.2 Å². The van der Waals surface area contributed by atoms with Gasteiger partial charge in [0.25, 0.3) is 5.56 Å². The highest BCUT2D eigenvalue weighted by Crippen LogP contribution is 2.33. The SMILES string of the molecule is Cn1c(=O)c2c(-c3ccc(Br)cc3)n(-c3cccc4cccnc34)cc2n(C)c1=O. The Balaban J connectivity index is 2.00. The molecule has 2 aromatic carbocycles. The van der Waals surface area contributed by atoms with E-state index in [9.17, 15) is 9.59 Å². The molecule has 0 aliphatic carbocycles. The molecule has 5 rings (SSSR count). The minimum atomic E-state index is -0.358. The van der Waals surface area contributed by atoms with Gasteiger partial charge in [-0.05, 0) is 29.8 Å². The van der Waals surface area contributed by atoms with Crippen LogP contribution in [-0.4, -0.2) is 18.7 Å². The normalized spacial score (nSPS) is 11.4. The summed E-state index contributed by atoms with van der Waals surface area (Å²) in [6.45, 7) is 0. The summed E-state index contributed by atoms with van der Waals surface area (Å²) in [5.74, 6) is 0. The molecule has 0 spiro atoms. The Bertz CT molecular complexity index is 1550. The Labute approximate surface area is 179 Å². The number of hydrogen-bond donors (Lipinski definition) is 0. The fourth-order valence-electron chi connectivity index (χ4n) is 3.90. The van der Waals surface area contributed by atoms with Crippen LogP contribution >= 0.6 is 15.9 Å². The van der Waals surface area contributed by atoms with E-state index in [4.69, 9.17) is 0 Å². The van der Waals surface area contributed by atoms with E-state index in [-0.39, 0.29) is 11.2 Å². The van der Waals surface area contributed by atoms with E-state index in [1.165, 1.54) is 11.6 Å². The first kappa shape index (κ1) is 18.6. The number of nitrogens with zero attached hydrogens (tertiary/aromatic N) is 4. The first-order chi connectivity index (χ1) is 14.5. The quantitative estimate of drug-likeness (QED) is 0.399. The van der Waals surface area contributed by atoms with Crippen LogP contribution in [0.2, 0.25) is 0 Å². The minimum absolute atomic E-state index is 0.321. The molecule has 3 aromatic heterocycles. The lowest BCUT2D eigenvalue weighted by molar-refractivity contribution is 0.714. The van der Waals surface area contributed by atoms with Gasteiger partial charge in [0, 0.05) is 36.3 Å². The molecule has 0 unspecified atom stereocenters. The highest BCUT2D eigenvalue weighted by atomic mass is 79.9. The predicted molar refractivity (Wildman–Crippen MR) is 122 cm³/mol. The Hall–Kier alpha value is -3.45. The van der Waals surface area contributed by atoms with Crippen molar-refractivity contribution in [2.75, 3.05) is 0 Å². The maximum atomic E-state index is 13.2. The van der Waals surface area contributed by atoms with E-state index in [0.717, 1.165) is 36.9 Å². The van der Waals surface area contributed by atoms with Crippen LogP contribution in [0.1, 0.15) is 0 Å². The van der Waals surface area contributed by atoms with Gasteiger partial charge >= 0.3 is 5.69 Å². The van der Waals surface area contributed by atoms with Crippen LogP contribution in [-0.2, 0) is 14.1 Å². The number of fused-ring (bicyclic) bond motifs is 2. The van der Waals surface area contributed by atoms with Crippen LogP contribution < -0.4 is 11.2 Å². The van der Waals surface area contributed by atoms with E-state index >= 15 is 0 Å². The second-order valence-electron chi connectivity index (χ2n) is 7.17. The molecule has 0 aliphatic rings. The summed E-state index contributed by atoms with van der Waals surface area (Å²) in [6, 6.07) is 17.6. The average molecular weight is 461 g/mol. The zero-order chi connectivity index (χ0) is 21.0. The highest BCUT2D eigenvalue weighted by molar-refractivity contribution is 9.10. The number of aryl methyl sites for hydroxylation is 1. The van der Waals surface area contributed by atoms with Crippen molar-refractivity contribution in [1.29, 1.82) is 0 Å². The van der Waals surface area contributed by atoms with Gasteiger partial charge in [0.2, 0.25) is 0 Å². The first-order valence-corrected chi connectivity index (χ1v) is 10.2. The molecule has 0 saturated carbocycles. The molecule has 7 heteroatoms. The van der Waals surface area contributed by atoms with Gasteiger partial charge in [0.05, 0.1) is 27.8 Å². The lowest BCUT2D eigenvalue weighted by Gasteiger charge is -2.12. The molecular weight excluding hydrogens is 444 g/mol. The topological polar surface area (TPSA) is 61.8 Å². The highest BCUT2D eigenvalue weighted by Gasteiger charge is 2.21. The summed E-state index contributed by atoms with van der Waals surface area (Å²) in [4.78, 5) is 30.3. The molecule has 148 valence electrons. The van der Waals surface area contributed by atoms with Crippen molar-refractivity contribution in [1.82, 2.24) is 18.7 Å². The van der Waals surface area contributed by atoms with Gasteiger partial charge in [0.15, 0.2) is 0 Å². The molecule has 0 aliphatic heterocycles. The number of hydrogen-bond acceptors (Lipinski definition) is 3. The molecule has 0 atom stereocenters. The molecule has 5 aromatic rings. The van der Waals surface area contributed by atoms with Gasteiger partial charge in [-0.25, -0.2) is 4.79 Å². The maximum absolute atomic E-state index is 13.2. The van der Waals surface area contributed by atoms with Crippen LogP contribution in [0, 0.1) is 0 Å². The molecule has 0 radical (unpaired) electrons. The number of rotatable bonds is 2. The lowest BCUT2D eigenvalue weighted by Crippen LogP contribution is -2.36. The molecular formula is C23H17BrN4O2. The van der Waals surface area contributed by atoms with Crippen molar-refractivity contribution in [2.45, 2.75) is 0 Å². The summed E-state index contributed by atoms with van der Waals surface area (Å²) in [5, 5.41) is 1.49. The molecule has 0 saturated heterocycles. The van der Waals surface area contributed by atoms with Gasteiger partial charge in [-0.2, -0.15) is 0 Å². The summed E-state index contributed by atoms with van der Waals surface area (Å²) in [6.07, 6.45) is 3.60. The monoisotopic (exact) mass is 460 g/mol. The standard InChI is InChI=1S/C23H17BrN4O2/c1-26-18-13-28(17-7-3-5-14-6-4-12-25-20(14)17)21(15-8-10-16(24)11-9-15)19(18)22(29)27(2)23(26)30/h3-13H,1-2H3. The third-order valence-corrected chi connectivity index (χ3v) is 5.96. The second kappa shape index (κ2) is 6.81. The predicted octanol–water partition coefficient (Wildman–Crippen LogP) is 4.01. The van der Waals surface area contributed by atoms with Crippen molar-refractivity contribution in [2.24, 2.45) is 14.1 Å². The van der Waals surface area contributed by atoms with Crippen molar-refractivity contribution >= 4 is 37.7 Å². The summed E-state index contributed by atoms with van der Waals surface area (Å²) in [5.41, 5.74) is 3.16. The van der Waals surface area contributed by atoms with E-state index in [1.807, 2.05) is 65.4 Å². The molecule has 0 bridgehead atoms. The van der Waals surface area contributed by atoms with Crippen LogP contribution in [0.3, 0.4) is 0 Å². The van der Waals surface area contributed by atoms with Crippen LogP contribution in [0.5, 0.6) is 0 Å². The molecule has 0 amide bonds. The Morgan fingerprint density at radius 3 is 2.40 bits per heavy atom. The van der Waals surface area contributed by atoms with Crippen molar-refractivity contribution in [3.05, 3.63) is 92.3 Å². The smallest absolute Gasteiger partial charge is 0.311 e. The lowest BCUT2D eigenvalue weighted by atomic mass is 10.1. The third kappa shape index (κ3) is 2.66. The Kier molecular flexibility index (Phi) is 4.22. The summed E-state index contributed by atoms with van der Waals surface area (Å²) >= 11 is 3.47. The fraction of sp³-hybridized carbons (Fsp3) is 0.0870. The second-order valence-corrected chi connectivity index (χ2v) is 8.09. The van der Waals surface area contributed by atoms with Crippen molar-refractivity contribution in [3.63, 3.8) is 0 Å².